The van der Waals surface area contributed by atoms with Crippen LogP contribution in [0.3, 0.4) is 0 Å². The van der Waals surface area contributed by atoms with Gasteiger partial charge in [0, 0.05) is 17.6 Å². The number of benzene rings is 1. The first-order chi connectivity index (χ1) is 10.0. The van der Waals surface area contributed by atoms with E-state index in [9.17, 15) is 5.11 Å². The number of aliphatic hydroxyl groups is 1. The molecule has 1 aromatic carbocycles. The van der Waals surface area contributed by atoms with Crippen molar-refractivity contribution in [3.05, 3.63) is 24.4 Å². The van der Waals surface area contributed by atoms with Crippen LogP contribution in [0.1, 0.15) is 20.3 Å². The van der Waals surface area contributed by atoms with Gasteiger partial charge in [0.15, 0.2) is 11.5 Å². The molecule has 0 aliphatic rings. The quantitative estimate of drug-likeness (QED) is 0.856. The number of pyridine rings is 1. The van der Waals surface area contributed by atoms with Crippen LogP contribution < -0.4 is 14.8 Å². The van der Waals surface area contributed by atoms with Crippen LogP contribution in [-0.4, -0.2) is 36.5 Å². The van der Waals surface area contributed by atoms with Gasteiger partial charge in [0.1, 0.15) is 5.82 Å². The van der Waals surface area contributed by atoms with Gasteiger partial charge >= 0.3 is 0 Å². The summed E-state index contributed by atoms with van der Waals surface area (Å²) in [5.74, 6) is 2.14. The minimum absolute atomic E-state index is 0.121. The zero-order valence-electron chi connectivity index (χ0n) is 12.9. The second-order valence-electron chi connectivity index (χ2n) is 5.22. The molecular formula is C16H22N2O3. The molecule has 2 atom stereocenters. The minimum Gasteiger partial charge on any atom is -0.493 e. The largest absolute Gasteiger partial charge is 0.493 e. The van der Waals surface area contributed by atoms with Crippen molar-refractivity contribution in [3.8, 4) is 11.5 Å². The van der Waals surface area contributed by atoms with Gasteiger partial charge in [-0.05, 0) is 43.9 Å². The van der Waals surface area contributed by atoms with Crippen LogP contribution in [0.5, 0.6) is 11.5 Å². The maximum Gasteiger partial charge on any atom is 0.161 e. The normalized spacial score (nSPS) is 13.8. The molecule has 2 aromatic rings. The van der Waals surface area contributed by atoms with Crippen molar-refractivity contribution >= 4 is 16.6 Å². The number of hydrogen-bond acceptors (Lipinski definition) is 5. The molecule has 0 bridgehead atoms. The third kappa shape index (κ3) is 3.55. The van der Waals surface area contributed by atoms with Gasteiger partial charge in [-0.1, -0.05) is 0 Å². The Labute approximate surface area is 124 Å². The molecule has 2 unspecified atom stereocenters. The fourth-order valence-corrected chi connectivity index (χ4v) is 2.42. The van der Waals surface area contributed by atoms with E-state index in [-0.39, 0.29) is 12.1 Å². The maximum atomic E-state index is 9.47. The van der Waals surface area contributed by atoms with Gasteiger partial charge in [-0.3, -0.25) is 0 Å². The lowest BCUT2D eigenvalue weighted by molar-refractivity contribution is 0.179. The Hall–Kier alpha value is -2.01. The van der Waals surface area contributed by atoms with Gasteiger partial charge < -0.3 is 19.9 Å². The molecule has 0 amide bonds. The summed E-state index contributed by atoms with van der Waals surface area (Å²) in [6, 6.07) is 5.90. The van der Waals surface area contributed by atoms with Crippen LogP contribution in [-0.2, 0) is 0 Å². The Balaban J connectivity index is 2.40. The van der Waals surface area contributed by atoms with Crippen molar-refractivity contribution in [2.75, 3.05) is 19.5 Å². The summed E-state index contributed by atoms with van der Waals surface area (Å²) in [6.07, 6.45) is 2.06. The summed E-state index contributed by atoms with van der Waals surface area (Å²) >= 11 is 0. The first kappa shape index (κ1) is 15.4. The summed E-state index contributed by atoms with van der Waals surface area (Å²) in [5.41, 5.74) is 0. The number of rotatable bonds is 6. The van der Waals surface area contributed by atoms with Crippen LogP contribution in [0.4, 0.5) is 5.82 Å². The Morgan fingerprint density at radius 2 is 1.86 bits per heavy atom. The van der Waals surface area contributed by atoms with E-state index in [0.717, 1.165) is 16.6 Å². The number of nitrogens with zero attached hydrogens (tertiary/aromatic N) is 1. The molecule has 114 valence electrons. The average Bonchev–Trinajstić information content (AvgIpc) is 2.45. The molecule has 21 heavy (non-hydrogen) atoms. The molecule has 1 heterocycles. The third-order valence-corrected chi connectivity index (χ3v) is 3.35. The molecule has 0 spiro atoms. The predicted octanol–water partition coefficient (Wildman–Crippen LogP) is 2.82. The number of ether oxygens (including phenoxy) is 2. The summed E-state index contributed by atoms with van der Waals surface area (Å²) in [5, 5.41) is 14.8. The van der Waals surface area contributed by atoms with E-state index in [0.29, 0.717) is 17.9 Å². The lowest BCUT2D eigenvalue weighted by Gasteiger charge is -2.18. The van der Waals surface area contributed by atoms with Crippen LogP contribution in [0, 0.1) is 0 Å². The van der Waals surface area contributed by atoms with E-state index >= 15 is 0 Å². The SMILES string of the molecule is COc1cc2ccnc(NC(C)CC(C)O)c2cc1OC. The van der Waals surface area contributed by atoms with Crippen molar-refractivity contribution < 1.29 is 14.6 Å². The maximum absolute atomic E-state index is 9.47. The van der Waals surface area contributed by atoms with Crippen molar-refractivity contribution in [2.45, 2.75) is 32.4 Å². The van der Waals surface area contributed by atoms with E-state index in [1.165, 1.54) is 0 Å². The first-order valence-corrected chi connectivity index (χ1v) is 7.00. The second-order valence-corrected chi connectivity index (χ2v) is 5.22. The number of methoxy groups -OCH3 is 2. The van der Waals surface area contributed by atoms with E-state index in [4.69, 9.17) is 9.47 Å². The minimum atomic E-state index is -0.350. The number of aromatic nitrogens is 1. The highest BCUT2D eigenvalue weighted by Gasteiger charge is 2.12. The molecule has 2 rings (SSSR count). The smallest absolute Gasteiger partial charge is 0.161 e. The summed E-state index contributed by atoms with van der Waals surface area (Å²) in [4.78, 5) is 4.40. The highest BCUT2D eigenvalue weighted by molar-refractivity contribution is 5.94. The Morgan fingerprint density at radius 3 is 2.48 bits per heavy atom. The Morgan fingerprint density at radius 1 is 1.19 bits per heavy atom. The molecule has 1 aromatic heterocycles. The molecule has 0 aliphatic heterocycles. The predicted molar refractivity (Wildman–Crippen MR) is 84.2 cm³/mol. The van der Waals surface area contributed by atoms with Gasteiger partial charge in [-0.25, -0.2) is 4.98 Å². The fraction of sp³-hybridized carbons (Fsp3) is 0.438. The van der Waals surface area contributed by atoms with Crippen molar-refractivity contribution in [1.29, 1.82) is 0 Å². The van der Waals surface area contributed by atoms with Crippen LogP contribution in [0.2, 0.25) is 0 Å². The number of fused-ring (bicyclic) bond motifs is 1. The Kier molecular flexibility index (Phi) is 4.85. The monoisotopic (exact) mass is 290 g/mol. The van der Waals surface area contributed by atoms with Crippen molar-refractivity contribution in [1.82, 2.24) is 4.98 Å². The molecule has 0 aliphatic carbocycles. The number of hydrogen-bond donors (Lipinski definition) is 2. The lowest BCUT2D eigenvalue weighted by Crippen LogP contribution is -2.21. The van der Waals surface area contributed by atoms with Gasteiger partial charge in [0.05, 0.1) is 20.3 Å². The van der Waals surface area contributed by atoms with Gasteiger partial charge in [-0.15, -0.1) is 0 Å². The Bertz CT molecular complexity index is 614. The third-order valence-electron chi connectivity index (χ3n) is 3.35. The highest BCUT2D eigenvalue weighted by Crippen LogP contribution is 2.34. The molecule has 0 saturated heterocycles. The van der Waals surface area contributed by atoms with Gasteiger partial charge in [0.25, 0.3) is 0 Å². The van der Waals surface area contributed by atoms with Crippen LogP contribution in [0.15, 0.2) is 24.4 Å². The van der Waals surface area contributed by atoms with Gasteiger partial charge in [0.2, 0.25) is 0 Å². The summed E-state index contributed by atoms with van der Waals surface area (Å²) in [6.45, 7) is 3.80. The lowest BCUT2D eigenvalue weighted by atomic mass is 10.1. The zero-order chi connectivity index (χ0) is 15.4. The topological polar surface area (TPSA) is 63.6 Å². The van der Waals surface area contributed by atoms with Crippen molar-refractivity contribution in [3.63, 3.8) is 0 Å². The highest BCUT2D eigenvalue weighted by atomic mass is 16.5. The molecule has 0 fully saturated rings. The van der Waals surface area contributed by atoms with E-state index in [1.807, 2.05) is 25.1 Å². The van der Waals surface area contributed by atoms with E-state index in [2.05, 4.69) is 10.3 Å². The molecule has 5 nitrogen and oxygen atoms in total. The average molecular weight is 290 g/mol. The number of anilines is 1. The molecule has 0 saturated carbocycles. The van der Waals surface area contributed by atoms with Crippen LogP contribution in [0.25, 0.3) is 10.8 Å². The van der Waals surface area contributed by atoms with Gasteiger partial charge in [-0.2, -0.15) is 0 Å². The standard InChI is InChI=1S/C16H22N2O3/c1-10(7-11(2)19)18-16-13-9-15(21-4)14(20-3)8-12(13)5-6-17-16/h5-6,8-11,19H,7H2,1-4H3,(H,17,18). The van der Waals surface area contributed by atoms with Crippen LogP contribution >= 0.6 is 0 Å². The molecule has 0 radical (unpaired) electrons. The van der Waals surface area contributed by atoms with Crippen molar-refractivity contribution in [2.24, 2.45) is 0 Å². The molecule has 2 N–H and O–H groups in total. The second kappa shape index (κ2) is 6.63. The summed E-state index contributed by atoms with van der Waals surface area (Å²) in [7, 11) is 3.23. The fourth-order valence-electron chi connectivity index (χ4n) is 2.42. The molecule has 5 heteroatoms. The van der Waals surface area contributed by atoms with E-state index in [1.54, 1.807) is 27.3 Å². The first-order valence-electron chi connectivity index (χ1n) is 7.00. The number of aliphatic hydroxyl groups excluding tert-OH is 1. The molecular weight excluding hydrogens is 268 g/mol. The summed E-state index contributed by atoms with van der Waals surface area (Å²) < 4.78 is 10.7. The zero-order valence-corrected chi connectivity index (χ0v) is 12.9. The van der Waals surface area contributed by atoms with E-state index < -0.39 is 0 Å². The number of nitrogens with one attached hydrogen (secondary N) is 1.